The molecule has 1 aromatic heterocycles. The number of nitrogens with zero attached hydrogens (tertiary/aromatic N) is 4. The summed E-state index contributed by atoms with van der Waals surface area (Å²) in [6.45, 7) is 8.26. The van der Waals surface area contributed by atoms with Gasteiger partial charge >= 0.3 is 0 Å². The van der Waals surface area contributed by atoms with E-state index in [1.54, 1.807) is 0 Å². The lowest BCUT2D eigenvalue weighted by molar-refractivity contribution is 0.0623. The normalized spacial score (nSPS) is 14.6. The molecule has 158 valence electrons. The standard InChI is InChI=1S/C25H26N4OS/c1-18(2)21-7-9-22(10-8-21)24-27-23(17-31-24)25(30)29-13-11-28(12-14-29)16-20-5-3-19(15-26)4-6-20/h3-10,17-18H,11-14,16H2,1-2H3. The highest BCUT2D eigenvalue weighted by atomic mass is 32.1. The third-order valence-corrected chi connectivity index (χ3v) is 6.59. The molecule has 0 bridgehead atoms. The lowest BCUT2D eigenvalue weighted by atomic mass is 10.0. The van der Waals surface area contributed by atoms with Crippen molar-refractivity contribution in [2.45, 2.75) is 26.3 Å². The molecule has 0 spiro atoms. The quantitative estimate of drug-likeness (QED) is 0.585. The maximum atomic E-state index is 12.9. The first-order valence-corrected chi connectivity index (χ1v) is 11.5. The van der Waals surface area contributed by atoms with Gasteiger partial charge in [0.05, 0.1) is 11.6 Å². The molecular weight excluding hydrogens is 404 g/mol. The fraction of sp³-hybridized carbons (Fsp3) is 0.320. The van der Waals surface area contributed by atoms with Crippen LogP contribution in [0.4, 0.5) is 0 Å². The summed E-state index contributed by atoms with van der Waals surface area (Å²) >= 11 is 1.52. The Labute approximate surface area is 187 Å². The van der Waals surface area contributed by atoms with Crippen LogP contribution in [0.5, 0.6) is 0 Å². The summed E-state index contributed by atoms with van der Waals surface area (Å²) in [5, 5.41) is 11.7. The molecule has 6 heteroatoms. The zero-order chi connectivity index (χ0) is 21.8. The van der Waals surface area contributed by atoms with Gasteiger partial charge in [0.2, 0.25) is 0 Å². The predicted octanol–water partition coefficient (Wildman–Crippen LogP) is 4.76. The second-order valence-corrected chi connectivity index (χ2v) is 9.05. The van der Waals surface area contributed by atoms with Gasteiger partial charge in [-0.15, -0.1) is 11.3 Å². The average molecular weight is 431 g/mol. The van der Waals surface area contributed by atoms with E-state index in [4.69, 9.17) is 5.26 Å². The number of aromatic nitrogens is 1. The van der Waals surface area contributed by atoms with Crippen LogP contribution < -0.4 is 0 Å². The number of rotatable bonds is 5. The molecule has 2 heterocycles. The molecule has 1 fully saturated rings. The summed E-state index contributed by atoms with van der Waals surface area (Å²) in [5.74, 6) is 0.511. The lowest BCUT2D eigenvalue weighted by Crippen LogP contribution is -2.48. The summed E-state index contributed by atoms with van der Waals surface area (Å²) < 4.78 is 0. The average Bonchev–Trinajstić information content (AvgIpc) is 3.30. The van der Waals surface area contributed by atoms with Crippen molar-refractivity contribution in [1.82, 2.24) is 14.8 Å². The molecule has 31 heavy (non-hydrogen) atoms. The number of carbonyl (C=O) groups excluding carboxylic acids is 1. The van der Waals surface area contributed by atoms with Gasteiger partial charge in [0.15, 0.2) is 0 Å². The number of amides is 1. The van der Waals surface area contributed by atoms with Gasteiger partial charge in [0, 0.05) is 43.7 Å². The maximum Gasteiger partial charge on any atom is 0.273 e. The van der Waals surface area contributed by atoms with Gasteiger partial charge in [0.1, 0.15) is 10.7 Å². The summed E-state index contributed by atoms with van der Waals surface area (Å²) in [6.07, 6.45) is 0. The minimum Gasteiger partial charge on any atom is -0.335 e. The molecule has 0 aliphatic carbocycles. The van der Waals surface area contributed by atoms with Crippen molar-refractivity contribution < 1.29 is 4.79 Å². The first-order chi connectivity index (χ1) is 15.0. The van der Waals surface area contributed by atoms with E-state index in [1.165, 1.54) is 22.5 Å². The fourth-order valence-electron chi connectivity index (χ4n) is 3.73. The monoisotopic (exact) mass is 430 g/mol. The van der Waals surface area contributed by atoms with Crippen LogP contribution >= 0.6 is 11.3 Å². The number of thiazole rings is 1. The van der Waals surface area contributed by atoms with Gasteiger partial charge in [-0.2, -0.15) is 5.26 Å². The van der Waals surface area contributed by atoms with Gasteiger partial charge in [-0.05, 0) is 29.2 Å². The molecule has 1 aliphatic heterocycles. The lowest BCUT2D eigenvalue weighted by Gasteiger charge is -2.34. The summed E-state index contributed by atoms with van der Waals surface area (Å²) in [5.41, 5.74) is 4.76. The Hall–Kier alpha value is -3.01. The molecule has 3 aromatic rings. The van der Waals surface area contributed by atoms with Crippen LogP contribution in [0.3, 0.4) is 0 Å². The molecule has 0 saturated carbocycles. The molecule has 5 nitrogen and oxygen atoms in total. The van der Waals surface area contributed by atoms with Crippen LogP contribution in [0.15, 0.2) is 53.9 Å². The van der Waals surface area contributed by atoms with E-state index in [0.717, 1.165) is 30.2 Å². The predicted molar refractivity (Wildman–Crippen MR) is 124 cm³/mol. The van der Waals surface area contributed by atoms with Crippen LogP contribution in [0.2, 0.25) is 0 Å². The van der Waals surface area contributed by atoms with Crippen molar-refractivity contribution in [3.8, 4) is 16.6 Å². The molecule has 1 saturated heterocycles. The third-order valence-electron chi connectivity index (χ3n) is 5.70. The number of hydrogen-bond acceptors (Lipinski definition) is 5. The number of nitriles is 1. The number of piperazine rings is 1. The minimum atomic E-state index is 0.0133. The molecule has 1 amide bonds. The highest BCUT2D eigenvalue weighted by molar-refractivity contribution is 7.13. The SMILES string of the molecule is CC(C)c1ccc(-c2nc(C(=O)N3CCN(Cc4ccc(C#N)cc4)CC3)cs2)cc1. The van der Waals surface area contributed by atoms with Crippen molar-refractivity contribution in [3.05, 3.63) is 76.3 Å². The summed E-state index contributed by atoms with van der Waals surface area (Å²) in [6, 6.07) is 18.3. The van der Waals surface area contributed by atoms with E-state index >= 15 is 0 Å². The molecule has 0 atom stereocenters. The molecule has 0 N–H and O–H groups in total. The zero-order valence-corrected chi connectivity index (χ0v) is 18.7. The Morgan fingerprint density at radius 1 is 1.06 bits per heavy atom. The van der Waals surface area contributed by atoms with E-state index < -0.39 is 0 Å². The molecule has 2 aromatic carbocycles. The van der Waals surface area contributed by atoms with Crippen molar-refractivity contribution in [2.24, 2.45) is 0 Å². The van der Waals surface area contributed by atoms with Crippen molar-refractivity contribution in [1.29, 1.82) is 5.26 Å². The second-order valence-electron chi connectivity index (χ2n) is 8.19. The molecule has 0 radical (unpaired) electrons. The fourth-order valence-corrected chi connectivity index (χ4v) is 4.53. The van der Waals surface area contributed by atoms with Crippen LogP contribution in [0.1, 0.15) is 46.9 Å². The number of carbonyl (C=O) groups is 1. The van der Waals surface area contributed by atoms with Crippen molar-refractivity contribution in [3.63, 3.8) is 0 Å². The second kappa shape index (κ2) is 9.42. The van der Waals surface area contributed by atoms with Crippen LogP contribution in [-0.4, -0.2) is 46.9 Å². The van der Waals surface area contributed by atoms with Gasteiger partial charge in [0.25, 0.3) is 5.91 Å². The first-order valence-electron chi connectivity index (χ1n) is 10.6. The van der Waals surface area contributed by atoms with E-state index in [2.05, 4.69) is 54.1 Å². The van der Waals surface area contributed by atoms with E-state index in [9.17, 15) is 4.79 Å². The highest BCUT2D eigenvalue weighted by Crippen LogP contribution is 2.26. The molecule has 1 aliphatic rings. The molecule has 4 rings (SSSR count). The summed E-state index contributed by atoms with van der Waals surface area (Å²) in [7, 11) is 0. The minimum absolute atomic E-state index is 0.0133. The Bertz CT molecular complexity index is 1070. The largest absolute Gasteiger partial charge is 0.335 e. The smallest absolute Gasteiger partial charge is 0.273 e. The Balaban J connectivity index is 1.34. The van der Waals surface area contributed by atoms with Gasteiger partial charge < -0.3 is 4.90 Å². The highest BCUT2D eigenvalue weighted by Gasteiger charge is 2.24. The Morgan fingerprint density at radius 3 is 2.35 bits per heavy atom. The van der Waals surface area contributed by atoms with E-state index in [-0.39, 0.29) is 5.91 Å². The van der Waals surface area contributed by atoms with E-state index in [1.807, 2.05) is 34.5 Å². The van der Waals surface area contributed by atoms with Gasteiger partial charge in [-0.1, -0.05) is 50.2 Å². The van der Waals surface area contributed by atoms with E-state index in [0.29, 0.717) is 30.3 Å². The topological polar surface area (TPSA) is 60.2 Å². The van der Waals surface area contributed by atoms with Crippen LogP contribution in [0.25, 0.3) is 10.6 Å². The van der Waals surface area contributed by atoms with Crippen LogP contribution in [0, 0.1) is 11.3 Å². The first kappa shape index (κ1) is 21.2. The zero-order valence-electron chi connectivity index (χ0n) is 17.9. The number of hydrogen-bond donors (Lipinski definition) is 0. The van der Waals surface area contributed by atoms with Crippen LogP contribution in [-0.2, 0) is 6.54 Å². The summed E-state index contributed by atoms with van der Waals surface area (Å²) in [4.78, 5) is 21.8. The number of benzene rings is 2. The van der Waals surface area contributed by atoms with Crippen molar-refractivity contribution in [2.75, 3.05) is 26.2 Å². The third kappa shape index (κ3) is 5.01. The Morgan fingerprint density at radius 2 is 1.74 bits per heavy atom. The Kier molecular flexibility index (Phi) is 6.45. The van der Waals surface area contributed by atoms with Gasteiger partial charge in [-0.25, -0.2) is 4.98 Å². The van der Waals surface area contributed by atoms with Crippen molar-refractivity contribution >= 4 is 17.2 Å². The van der Waals surface area contributed by atoms with Gasteiger partial charge in [-0.3, -0.25) is 9.69 Å². The molecule has 0 unspecified atom stereocenters. The molecular formula is C25H26N4OS. The maximum absolute atomic E-state index is 12.9.